The van der Waals surface area contributed by atoms with E-state index in [0.717, 1.165) is 33.9 Å². The Balaban J connectivity index is 2.71. The van der Waals surface area contributed by atoms with Gasteiger partial charge in [0, 0.05) is 17.8 Å². The molecule has 2 aromatic rings. The first-order chi connectivity index (χ1) is 7.24. The third-order valence-electron chi connectivity index (χ3n) is 2.22. The van der Waals surface area contributed by atoms with Gasteiger partial charge in [-0.1, -0.05) is 24.9 Å². The Morgan fingerprint density at radius 2 is 2.27 bits per heavy atom. The van der Waals surface area contributed by atoms with Crippen molar-refractivity contribution in [2.24, 2.45) is 0 Å². The minimum atomic E-state index is 0.705. The van der Waals surface area contributed by atoms with Gasteiger partial charge < -0.3 is 0 Å². The normalized spacial score (nSPS) is 10.9. The molecule has 0 aliphatic rings. The molecule has 2 rings (SSSR count). The predicted molar refractivity (Wildman–Crippen MR) is 66.2 cm³/mol. The first kappa shape index (κ1) is 10.8. The summed E-state index contributed by atoms with van der Waals surface area (Å²) in [5, 5.41) is 1.60. The highest BCUT2D eigenvalue weighted by molar-refractivity contribution is 9.10. The van der Waals surface area contributed by atoms with Crippen LogP contribution >= 0.6 is 27.5 Å². The van der Waals surface area contributed by atoms with Gasteiger partial charge >= 0.3 is 0 Å². The molecule has 0 fully saturated rings. The van der Waals surface area contributed by atoms with Crippen molar-refractivity contribution in [1.82, 2.24) is 9.97 Å². The van der Waals surface area contributed by atoms with Gasteiger partial charge in [-0.3, -0.25) is 9.97 Å². The fourth-order valence-corrected chi connectivity index (χ4v) is 2.25. The second kappa shape index (κ2) is 4.45. The molecule has 0 bridgehead atoms. The summed E-state index contributed by atoms with van der Waals surface area (Å²) >= 11 is 9.72. The Labute approximate surface area is 102 Å². The lowest BCUT2D eigenvalue weighted by atomic mass is 10.2. The van der Waals surface area contributed by atoms with Crippen LogP contribution in [-0.4, -0.2) is 9.97 Å². The first-order valence-electron chi connectivity index (χ1n) is 4.81. The highest BCUT2D eigenvalue weighted by Gasteiger charge is 2.10. The smallest absolute Gasteiger partial charge is 0.0752 e. The zero-order chi connectivity index (χ0) is 10.8. The van der Waals surface area contributed by atoms with E-state index in [0.29, 0.717) is 5.02 Å². The van der Waals surface area contributed by atoms with E-state index in [1.54, 1.807) is 12.4 Å². The molecule has 0 atom stereocenters. The molecule has 0 spiro atoms. The molecular formula is C11H10BrClN2. The standard InChI is InChI=1S/C11H10BrClN2/c1-2-3-9-10(12)11(13)7-6-14-5-4-8(7)15-9/h4-6H,2-3H2,1H3. The first-order valence-corrected chi connectivity index (χ1v) is 5.98. The summed E-state index contributed by atoms with van der Waals surface area (Å²) < 4.78 is 0.895. The third-order valence-corrected chi connectivity index (χ3v) is 3.70. The third kappa shape index (κ3) is 1.99. The van der Waals surface area contributed by atoms with Gasteiger partial charge in [-0.05, 0) is 28.4 Å². The molecule has 0 unspecified atom stereocenters. The Kier molecular flexibility index (Phi) is 3.22. The summed E-state index contributed by atoms with van der Waals surface area (Å²) in [5.41, 5.74) is 1.92. The van der Waals surface area contributed by atoms with E-state index >= 15 is 0 Å². The van der Waals surface area contributed by atoms with Gasteiger partial charge in [0.1, 0.15) is 0 Å². The number of pyridine rings is 2. The van der Waals surface area contributed by atoms with E-state index < -0.39 is 0 Å². The van der Waals surface area contributed by atoms with E-state index in [2.05, 4.69) is 32.8 Å². The summed E-state index contributed by atoms with van der Waals surface area (Å²) in [6, 6.07) is 1.88. The highest BCUT2D eigenvalue weighted by atomic mass is 79.9. The van der Waals surface area contributed by atoms with E-state index in [9.17, 15) is 0 Å². The maximum atomic E-state index is 6.24. The Hall–Kier alpha value is -0.670. The number of rotatable bonds is 2. The molecule has 2 aromatic heterocycles. The quantitative estimate of drug-likeness (QED) is 0.833. The van der Waals surface area contributed by atoms with E-state index in [1.807, 2.05) is 6.07 Å². The van der Waals surface area contributed by atoms with Gasteiger partial charge in [-0.2, -0.15) is 0 Å². The van der Waals surface area contributed by atoms with E-state index in [1.165, 1.54) is 0 Å². The van der Waals surface area contributed by atoms with Gasteiger partial charge in [0.15, 0.2) is 0 Å². The van der Waals surface area contributed by atoms with Crippen LogP contribution in [0.2, 0.25) is 5.02 Å². The van der Waals surface area contributed by atoms with Crippen LogP contribution in [0.25, 0.3) is 10.9 Å². The molecule has 0 aliphatic carbocycles. The average Bonchev–Trinajstić information content (AvgIpc) is 2.26. The molecular weight excluding hydrogens is 275 g/mol. The van der Waals surface area contributed by atoms with Gasteiger partial charge in [-0.25, -0.2) is 0 Å². The molecule has 0 aromatic carbocycles. The number of hydrogen-bond donors (Lipinski definition) is 0. The minimum Gasteiger partial charge on any atom is -0.264 e. The SMILES string of the molecule is CCCc1nc2ccncc2c(Cl)c1Br. The summed E-state index contributed by atoms with van der Waals surface area (Å²) in [4.78, 5) is 8.60. The van der Waals surface area contributed by atoms with Crippen molar-refractivity contribution in [1.29, 1.82) is 0 Å². The van der Waals surface area contributed by atoms with Crippen molar-refractivity contribution < 1.29 is 0 Å². The highest BCUT2D eigenvalue weighted by Crippen LogP contribution is 2.32. The van der Waals surface area contributed by atoms with Gasteiger partial charge in [0.25, 0.3) is 0 Å². The van der Waals surface area contributed by atoms with Crippen LogP contribution < -0.4 is 0 Å². The molecule has 78 valence electrons. The van der Waals surface area contributed by atoms with Crippen LogP contribution in [0, 0.1) is 0 Å². The molecule has 2 heterocycles. The second-order valence-electron chi connectivity index (χ2n) is 3.33. The van der Waals surface area contributed by atoms with Crippen molar-refractivity contribution in [3.05, 3.63) is 33.6 Å². The van der Waals surface area contributed by atoms with Crippen LogP contribution in [-0.2, 0) is 6.42 Å². The molecule has 4 heteroatoms. The predicted octanol–water partition coefficient (Wildman–Crippen LogP) is 4.00. The van der Waals surface area contributed by atoms with Crippen molar-refractivity contribution in [3.63, 3.8) is 0 Å². The van der Waals surface area contributed by atoms with Gasteiger partial charge in [0.2, 0.25) is 0 Å². The molecule has 0 saturated carbocycles. The number of nitrogens with zero attached hydrogens (tertiary/aromatic N) is 2. The largest absolute Gasteiger partial charge is 0.264 e. The molecule has 0 amide bonds. The second-order valence-corrected chi connectivity index (χ2v) is 4.50. The van der Waals surface area contributed by atoms with Crippen molar-refractivity contribution in [2.45, 2.75) is 19.8 Å². The number of hydrogen-bond acceptors (Lipinski definition) is 2. The van der Waals surface area contributed by atoms with Crippen LogP contribution in [0.15, 0.2) is 22.9 Å². The van der Waals surface area contributed by atoms with E-state index in [4.69, 9.17) is 11.6 Å². The molecule has 0 aliphatic heterocycles. The lowest BCUT2D eigenvalue weighted by molar-refractivity contribution is 0.884. The molecule has 0 N–H and O–H groups in total. The van der Waals surface area contributed by atoms with Gasteiger partial charge in [-0.15, -0.1) is 0 Å². The van der Waals surface area contributed by atoms with Crippen LogP contribution in [0.1, 0.15) is 19.0 Å². The summed E-state index contributed by atoms with van der Waals surface area (Å²) in [7, 11) is 0. The number of halogens is 2. The lowest BCUT2D eigenvalue weighted by Gasteiger charge is -2.07. The van der Waals surface area contributed by atoms with Crippen molar-refractivity contribution >= 4 is 38.4 Å². The maximum Gasteiger partial charge on any atom is 0.0752 e. The Morgan fingerprint density at radius 1 is 1.47 bits per heavy atom. The zero-order valence-corrected chi connectivity index (χ0v) is 10.6. The minimum absolute atomic E-state index is 0.705. The van der Waals surface area contributed by atoms with Crippen LogP contribution in [0.4, 0.5) is 0 Å². The molecule has 0 radical (unpaired) electrons. The maximum absolute atomic E-state index is 6.24. The number of aromatic nitrogens is 2. The van der Waals surface area contributed by atoms with Crippen LogP contribution in [0.5, 0.6) is 0 Å². The van der Waals surface area contributed by atoms with Gasteiger partial charge in [0.05, 0.1) is 20.7 Å². The van der Waals surface area contributed by atoms with Crippen molar-refractivity contribution in [3.8, 4) is 0 Å². The Morgan fingerprint density at radius 3 is 3.00 bits per heavy atom. The van der Waals surface area contributed by atoms with Crippen LogP contribution in [0.3, 0.4) is 0 Å². The Bertz CT molecular complexity index is 499. The fourth-order valence-electron chi connectivity index (χ4n) is 1.50. The molecule has 2 nitrogen and oxygen atoms in total. The molecule has 0 saturated heterocycles. The monoisotopic (exact) mass is 284 g/mol. The lowest BCUT2D eigenvalue weighted by Crippen LogP contribution is -1.94. The van der Waals surface area contributed by atoms with E-state index in [-0.39, 0.29) is 0 Å². The number of fused-ring (bicyclic) bond motifs is 1. The van der Waals surface area contributed by atoms with Crippen molar-refractivity contribution in [2.75, 3.05) is 0 Å². The summed E-state index contributed by atoms with van der Waals surface area (Å²) in [6.45, 7) is 2.12. The fraction of sp³-hybridized carbons (Fsp3) is 0.273. The molecule has 15 heavy (non-hydrogen) atoms. The summed E-state index contributed by atoms with van der Waals surface area (Å²) in [6.07, 6.45) is 5.46. The zero-order valence-electron chi connectivity index (χ0n) is 8.30. The summed E-state index contributed by atoms with van der Waals surface area (Å²) in [5.74, 6) is 0. The number of aryl methyl sites for hydroxylation is 1. The topological polar surface area (TPSA) is 25.8 Å². The average molecular weight is 286 g/mol.